The first-order valence-electron chi connectivity index (χ1n) is 9.24. The molecule has 0 aliphatic carbocycles. The number of anilines is 2. The highest BCUT2D eigenvalue weighted by atomic mass is 32.2. The lowest BCUT2D eigenvalue weighted by molar-refractivity contribution is 0.276. The lowest BCUT2D eigenvalue weighted by Gasteiger charge is -2.12. The van der Waals surface area contributed by atoms with Gasteiger partial charge >= 0.3 is 0 Å². The average molecular weight is 425 g/mol. The summed E-state index contributed by atoms with van der Waals surface area (Å²) < 4.78 is 1.65. The second kappa shape index (κ2) is 9.21. The Balaban J connectivity index is 1.54. The summed E-state index contributed by atoms with van der Waals surface area (Å²) in [6, 6.07) is 17.3. The third kappa shape index (κ3) is 4.67. The van der Waals surface area contributed by atoms with Crippen molar-refractivity contribution in [3.63, 3.8) is 0 Å². The summed E-state index contributed by atoms with van der Waals surface area (Å²) in [7, 11) is 0. The van der Waals surface area contributed by atoms with Crippen molar-refractivity contribution < 1.29 is 5.11 Å². The SMILES string of the molecule is O=c1c2ccccc2nc(SCc2csc(Nc3ccccc3)n2)n1CCCO. The Kier molecular flexibility index (Phi) is 6.24. The molecule has 0 saturated carbocycles. The number of benzene rings is 2. The topological polar surface area (TPSA) is 80.0 Å². The highest BCUT2D eigenvalue weighted by Crippen LogP contribution is 2.26. The van der Waals surface area contributed by atoms with E-state index in [9.17, 15) is 9.90 Å². The smallest absolute Gasteiger partial charge is 0.262 e. The Morgan fingerprint density at radius 3 is 2.69 bits per heavy atom. The molecule has 4 rings (SSSR count). The molecular formula is C21H20N4O2S2. The maximum atomic E-state index is 12.9. The van der Waals surface area contributed by atoms with E-state index in [1.54, 1.807) is 22.0 Å². The average Bonchev–Trinajstić information content (AvgIpc) is 3.20. The van der Waals surface area contributed by atoms with Crippen LogP contribution in [-0.4, -0.2) is 26.2 Å². The molecule has 0 saturated heterocycles. The van der Waals surface area contributed by atoms with Gasteiger partial charge in [0.05, 0.1) is 16.6 Å². The van der Waals surface area contributed by atoms with Gasteiger partial charge < -0.3 is 10.4 Å². The van der Waals surface area contributed by atoms with Crippen LogP contribution in [0.25, 0.3) is 10.9 Å². The zero-order valence-electron chi connectivity index (χ0n) is 15.6. The Hall–Kier alpha value is -2.68. The predicted molar refractivity (Wildman–Crippen MR) is 119 cm³/mol. The number of aliphatic hydroxyl groups excluding tert-OH is 1. The first kappa shape index (κ1) is 19.6. The van der Waals surface area contributed by atoms with E-state index in [0.29, 0.717) is 34.8 Å². The highest BCUT2D eigenvalue weighted by Gasteiger charge is 2.12. The fourth-order valence-electron chi connectivity index (χ4n) is 2.90. The molecule has 148 valence electrons. The fourth-order valence-corrected chi connectivity index (χ4v) is 4.65. The van der Waals surface area contributed by atoms with E-state index in [1.165, 1.54) is 11.8 Å². The van der Waals surface area contributed by atoms with Crippen molar-refractivity contribution in [1.29, 1.82) is 0 Å². The van der Waals surface area contributed by atoms with Crippen LogP contribution in [-0.2, 0) is 12.3 Å². The lowest BCUT2D eigenvalue weighted by Crippen LogP contribution is -2.24. The van der Waals surface area contributed by atoms with E-state index in [-0.39, 0.29) is 12.2 Å². The van der Waals surface area contributed by atoms with Crippen molar-refractivity contribution >= 4 is 44.8 Å². The number of thiazole rings is 1. The van der Waals surface area contributed by atoms with Gasteiger partial charge in [-0.05, 0) is 30.7 Å². The summed E-state index contributed by atoms with van der Waals surface area (Å²) >= 11 is 3.03. The number of rotatable bonds is 8. The van der Waals surface area contributed by atoms with Crippen LogP contribution in [0.3, 0.4) is 0 Å². The van der Waals surface area contributed by atoms with Crippen LogP contribution < -0.4 is 10.9 Å². The van der Waals surface area contributed by atoms with E-state index in [2.05, 4.69) is 15.3 Å². The largest absolute Gasteiger partial charge is 0.396 e. The number of hydrogen-bond donors (Lipinski definition) is 2. The molecule has 2 N–H and O–H groups in total. The number of nitrogens with zero attached hydrogens (tertiary/aromatic N) is 3. The number of fused-ring (bicyclic) bond motifs is 1. The van der Waals surface area contributed by atoms with Crippen LogP contribution in [0.5, 0.6) is 0 Å². The van der Waals surface area contributed by atoms with Crippen molar-refractivity contribution in [2.75, 3.05) is 11.9 Å². The molecule has 6 nitrogen and oxygen atoms in total. The summed E-state index contributed by atoms with van der Waals surface area (Å²) in [5.74, 6) is 0.608. The predicted octanol–water partition coefficient (Wildman–Crippen LogP) is 4.27. The second-order valence-electron chi connectivity index (χ2n) is 6.37. The minimum Gasteiger partial charge on any atom is -0.396 e. The summed E-state index contributed by atoms with van der Waals surface area (Å²) in [4.78, 5) is 22.2. The Labute approximate surface area is 176 Å². The fraction of sp³-hybridized carbons (Fsp3) is 0.190. The van der Waals surface area contributed by atoms with Crippen LogP contribution in [0.15, 0.2) is 69.9 Å². The van der Waals surface area contributed by atoms with E-state index in [4.69, 9.17) is 0 Å². The first-order valence-corrected chi connectivity index (χ1v) is 11.1. The summed E-state index contributed by atoms with van der Waals surface area (Å²) in [6.07, 6.45) is 0.509. The molecule has 4 aromatic rings. The zero-order valence-corrected chi connectivity index (χ0v) is 17.2. The van der Waals surface area contributed by atoms with E-state index in [1.807, 2.05) is 53.9 Å². The van der Waals surface area contributed by atoms with E-state index >= 15 is 0 Å². The zero-order chi connectivity index (χ0) is 20.1. The Bertz CT molecular complexity index is 1160. The second-order valence-corrected chi connectivity index (χ2v) is 8.17. The molecule has 29 heavy (non-hydrogen) atoms. The number of hydrogen-bond acceptors (Lipinski definition) is 7. The van der Waals surface area contributed by atoms with Crippen molar-refractivity contribution in [2.24, 2.45) is 0 Å². The van der Waals surface area contributed by atoms with Gasteiger partial charge in [0.25, 0.3) is 5.56 Å². The van der Waals surface area contributed by atoms with Gasteiger partial charge in [-0.1, -0.05) is 42.1 Å². The molecule has 0 aliphatic rings. The van der Waals surface area contributed by atoms with Gasteiger partial charge in [0.2, 0.25) is 0 Å². The molecule has 0 bridgehead atoms. The van der Waals surface area contributed by atoms with Crippen LogP contribution in [0, 0.1) is 0 Å². The molecule has 0 spiro atoms. The number of nitrogens with one attached hydrogen (secondary N) is 1. The van der Waals surface area contributed by atoms with E-state index in [0.717, 1.165) is 16.5 Å². The molecule has 0 unspecified atom stereocenters. The molecule has 0 fully saturated rings. The van der Waals surface area contributed by atoms with Crippen molar-refractivity contribution in [2.45, 2.75) is 23.9 Å². The third-order valence-corrected chi connectivity index (χ3v) is 6.11. The quantitative estimate of drug-likeness (QED) is 0.325. The maximum absolute atomic E-state index is 12.9. The van der Waals surface area contributed by atoms with Crippen LogP contribution in [0.4, 0.5) is 10.8 Å². The Morgan fingerprint density at radius 2 is 1.86 bits per heavy atom. The molecule has 2 heterocycles. The molecule has 0 aliphatic heterocycles. The highest BCUT2D eigenvalue weighted by molar-refractivity contribution is 7.98. The monoisotopic (exact) mass is 424 g/mol. The van der Waals surface area contributed by atoms with Crippen LogP contribution in [0.1, 0.15) is 12.1 Å². The standard InChI is InChI=1S/C21H20N4O2S2/c26-12-6-11-25-19(27)17-9-4-5-10-18(17)24-21(25)29-14-16-13-28-20(23-16)22-15-7-2-1-3-8-15/h1-5,7-10,13,26H,6,11-12,14H2,(H,22,23). The minimum atomic E-state index is -0.0729. The molecule has 0 radical (unpaired) electrons. The van der Waals surface area contributed by atoms with Gasteiger partial charge in [-0.3, -0.25) is 9.36 Å². The molecule has 8 heteroatoms. The van der Waals surface area contributed by atoms with Crippen molar-refractivity contribution in [3.05, 3.63) is 76.0 Å². The number of aromatic nitrogens is 3. The summed E-state index contributed by atoms with van der Waals surface area (Å²) in [6.45, 7) is 0.470. The normalized spacial score (nSPS) is 11.1. The molecule has 0 atom stereocenters. The first-order chi connectivity index (χ1) is 14.2. The van der Waals surface area contributed by atoms with Crippen LogP contribution >= 0.6 is 23.1 Å². The number of aliphatic hydroxyl groups is 1. The van der Waals surface area contributed by atoms with Gasteiger partial charge in [-0.2, -0.15) is 0 Å². The van der Waals surface area contributed by atoms with Gasteiger partial charge in [0.1, 0.15) is 0 Å². The minimum absolute atomic E-state index is 0.0317. The van der Waals surface area contributed by atoms with Gasteiger partial charge in [0.15, 0.2) is 10.3 Å². The van der Waals surface area contributed by atoms with Gasteiger partial charge in [-0.15, -0.1) is 11.3 Å². The maximum Gasteiger partial charge on any atom is 0.262 e. The van der Waals surface area contributed by atoms with Crippen molar-refractivity contribution in [1.82, 2.24) is 14.5 Å². The summed E-state index contributed by atoms with van der Waals surface area (Å²) in [5, 5.41) is 16.6. The summed E-state index contributed by atoms with van der Waals surface area (Å²) in [5.41, 5.74) is 2.53. The van der Waals surface area contributed by atoms with Crippen LogP contribution in [0.2, 0.25) is 0 Å². The van der Waals surface area contributed by atoms with Gasteiger partial charge in [0, 0.05) is 30.0 Å². The lowest BCUT2D eigenvalue weighted by atomic mass is 10.2. The molecular weight excluding hydrogens is 404 g/mol. The molecule has 2 aromatic carbocycles. The number of thioether (sulfide) groups is 1. The Morgan fingerprint density at radius 1 is 1.07 bits per heavy atom. The van der Waals surface area contributed by atoms with E-state index < -0.39 is 0 Å². The third-order valence-electron chi connectivity index (χ3n) is 4.29. The van der Waals surface area contributed by atoms with Crippen molar-refractivity contribution in [3.8, 4) is 0 Å². The molecule has 0 amide bonds. The number of para-hydroxylation sites is 2. The van der Waals surface area contributed by atoms with Gasteiger partial charge in [-0.25, -0.2) is 9.97 Å². The molecule has 2 aromatic heterocycles.